The number of hydrogen-bond donors (Lipinski definition) is 1. The van der Waals surface area contributed by atoms with Crippen LogP contribution in [-0.4, -0.2) is 18.8 Å². The lowest BCUT2D eigenvalue weighted by Crippen LogP contribution is -2.37. The predicted molar refractivity (Wildman–Crippen MR) is 36.2 cm³/mol. The van der Waals surface area contributed by atoms with Gasteiger partial charge in [0.05, 0.1) is 18.7 Å². The van der Waals surface area contributed by atoms with Crippen LogP contribution < -0.4 is 5.32 Å². The quantitative estimate of drug-likeness (QED) is 0.709. The van der Waals surface area contributed by atoms with Crippen molar-refractivity contribution in [2.75, 3.05) is 6.54 Å². The average molecular weight is 178 g/mol. The van der Waals surface area contributed by atoms with Gasteiger partial charge in [0.1, 0.15) is 0 Å². The van der Waals surface area contributed by atoms with E-state index in [1.54, 1.807) is 0 Å². The van der Waals surface area contributed by atoms with Gasteiger partial charge >= 0.3 is 6.18 Å². The Hall–Kier alpha value is -0.760. The standard InChI is InChI=1S/C7H9F3N2/c8-7(9,10)4-12-6(3-11)5-1-2-5/h5-6,12H,1-2,4H2. The molecule has 0 aromatic carbocycles. The molecule has 2 nitrogen and oxygen atoms in total. The minimum Gasteiger partial charge on any atom is -0.293 e. The van der Waals surface area contributed by atoms with Crippen LogP contribution in [0.15, 0.2) is 0 Å². The van der Waals surface area contributed by atoms with E-state index in [2.05, 4.69) is 5.32 Å². The molecule has 1 unspecified atom stereocenters. The van der Waals surface area contributed by atoms with E-state index in [1.165, 1.54) is 0 Å². The molecule has 0 aromatic rings. The number of alkyl halides is 3. The Morgan fingerprint density at radius 1 is 1.50 bits per heavy atom. The zero-order valence-electron chi connectivity index (χ0n) is 6.36. The van der Waals surface area contributed by atoms with Crippen molar-refractivity contribution in [3.63, 3.8) is 0 Å². The number of halogens is 3. The first-order valence-corrected chi connectivity index (χ1v) is 3.72. The molecule has 5 heteroatoms. The third-order valence-electron chi connectivity index (χ3n) is 1.75. The van der Waals surface area contributed by atoms with Gasteiger partial charge in [-0.2, -0.15) is 18.4 Å². The molecule has 1 aliphatic rings. The van der Waals surface area contributed by atoms with Gasteiger partial charge < -0.3 is 0 Å². The molecule has 0 spiro atoms. The molecule has 0 radical (unpaired) electrons. The lowest BCUT2D eigenvalue weighted by atomic mass is 10.2. The predicted octanol–water partition coefficient (Wildman–Crippen LogP) is 1.44. The minimum atomic E-state index is -4.22. The van der Waals surface area contributed by atoms with E-state index in [1.807, 2.05) is 6.07 Å². The first-order valence-electron chi connectivity index (χ1n) is 3.72. The van der Waals surface area contributed by atoms with Gasteiger partial charge in [0.15, 0.2) is 0 Å². The summed E-state index contributed by atoms with van der Waals surface area (Å²) in [5, 5.41) is 10.6. The van der Waals surface area contributed by atoms with Crippen LogP contribution in [0.4, 0.5) is 13.2 Å². The summed E-state index contributed by atoms with van der Waals surface area (Å²) >= 11 is 0. The summed E-state index contributed by atoms with van der Waals surface area (Å²) in [6, 6.07) is 1.21. The van der Waals surface area contributed by atoms with Gasteiger partial charge in [-0.3, -0.25) is 5.32 Å². The second-order valence-corrected chi connectivity index (χ2v) is 2.94. The molecule has 0 amide bonds. The van der Waals surface area contributed by atoms with Gasteiger partial charge in [-0.05, 0) is 18.8 Å². The molecule has 12 heavy (non-hydrogen) atoms. The van der Waals surface area contributed by atoms with Crippen LogP contribution >= 0.6 is 0 Å². The molecular weight excluding hydrogens is 169 g/mol. The van der Waals surface area contributed by atoms with Crippen molar-refractivity contribution < 1.29 is 13.2 Å². The Bertz CT molecular complexity index is 190. The van der Waals surface area contributed by atoms with Gasteiger partial charge in [-0.1, -0.05) is 0 Å². The fourth-order valence-corrected chi connectivity index (χ4v) is 0.973. The maximum atomic E-state index is 11.7. The van der Waals surface area contributed by atoms with Crippen molar-refractivity contribution in [2.24, 2.45) is 5.92 Å². The Morgan fingerprint density at radius 3 is 2.42 bits per heavy atom. The number of nitrogens with one attached hydrogen (secondary N) is 1. The van der Waals surface area contributed by atoms with E-state index >= 15 is 0 Å². The highest BCUT2D eigenvalue weighted by Gasteiger charge is 2.34. The summed E-state index contributed by atoms with van der Waals surface area (Å²) in [5.74, 6) is 0.136. The van der Waals surface area contributed by atoms with Crippen LogP contribution in [-0.2, 0) is 0 Å². The number of nitriles is 1. The Morgan fingerprint density at radius 2 is 2.08 bits per heavy atom. The van der Waals surface area contributed by atoms with E-state index in [9.17, 15) is 13.2 Å². The zero-order valence-corrected chi connectivity index (χ0v) is 6.36. The van der Waals surface area contributed by atoms with Crippen LogP contribution in [0.3, 0.4) is 0 Å². The summed E-state index contributed by atoms with van der Waals surface area (Å²) < 4.78 is 35.0. The van der Waals surface area contributed by atoms with E-state index in [0.717, 1.165) is 12.8 Å². The number of rotatable bonds is 3. The maximum Gasteiger partial charge on any atom is 0.401 e. The van der Waals surface area contributed by atoms with Crippen molar-refractivity contribution in [3.05, 3.63) is 0 Å². The third kappa shape index (κ3) is 3.09. The van der Waals surface area contributed by atoms with Gasteiger partial charge in [-0.25, -0.2) is 0 Å². The summed E-state index contributed by atoms with van der Waals surface area (Å²) in [6.07, 6.45) is -2.49. The molecule has 0 heterocycles. The van der Waals surface area contributed by atoms with Crippen LogP contribution in [0.25, 0.3) is 0 Å². The SMILES string of the molecule is N#CC(NCC(F)(F)F)C1CC1. The van der Waals surface area contributed by atoms with Crippen LogP contribution in [0.1, 0.15) is 12.8 Å². The maximum absolute atomic E-state index is 11.7. The molecule has 1 N–H and O–H groups in total. The lowest BCUT2D eigenvalue weighted by molar-refractivity contribution is -0.125. The molecule has 0 aliphatic heterocycles. The van der Waals surface area contributed by atoms with Gasteiger partial charge in [0, 0.05) is 0 Å². The summed E-state index contributed by atoms with van der Waals surface area (Å²) in [7, 11) is 0. The smallest absolute Gasteiger partial charge is 0.293 e. The van der Waals surface area contributed by atoms with E-state index in [0.29, 0.717) is 0 Å². The van der Waals surface area contributed by atoms with E-state index in [-0.39, 0.29) is 5.92 Å². The second kappa shape index (κ2) is 3.31. The van der Waals surface area contributed by atoms with Crippen molar-refractivity contribution in [3.8, 4) is 6.07 Å². The number of nitrogens with zero attached hydrogens (tertiary/aromatic N) is 1. The van der Waals surface area contributed by atoms with Crippen LogP contribution in [0.2, 0.25) is 0 Å². The van der Waals surface area contributed by atoms with E-state index < -0.39 is 18.8 Å². The highest BCUT2D eigenvalue weighted by atomic mass is 19.4. The van der Waals surface area contributed by atoms with Gasteiger partial charge in [-0.15, -0.1) is 0 Å². The normalized spacial score (nSPS) is 20.2. The van der Waals surface area contributed by atoms with Crippen molar-refractivity contribution in [1.29, 1.82) is 5.26 Å². The highest BCUT2D eigenvalue weighted by molar-refractivity contribution is 5.00. The molecular formula is C7H9F3N2. The monoisotopic (exact) mass is 178 g/mol. The fourth-order valence-electron chi connectivity index (χ4n) is 0.973. The van der Waals surface area contributed by atoms with Crippen LogP contribution in [0, 0.1) is 17.2 Å². The Kier molecular flexibility index (Phi) is 2.58. The second-order valence-electron chi connectivity index (χ2n) is 2.94. The molecule has 1 saturated carbocycles. The summed E-state index contributed by atoms with van der Waals surface area (Å²) in [6.45, 7) is -1.07. The largest absolute Gasteiger partial charge is 0.401 e. The molecule has 1 fully saturated rings. The topological polar surface area (TPSA) is 35.8 Å². The zero-order chi connectivity index (χ0) is 9.19. The van der Waals surface area contributed by atoms with Gasteiger partial charge in [0.25, 0.3) is 0 Å². The average Bonchev–Trinajstić information content (AvgIpc) is 2.70. The molecule has 1 rings (SSSR count). The molecule has 0 bridgehead atoms. The van der Waals surface area contributed by atoms with Crippen LogP contribution in [0.5, 0.6) is 0 Å². The molecule has 1 aliphatic carbocycles. The van der Waals surface area contributed by atoms with Crippen molar-refractivity contribution in [1.82, 2.24) is 5.32 Å². The Balaban J connectivity index is 2.25. The highest BCUT2D eigenvalue weighted by Crippen LogP contribution is 2.32. The lowest BCUT2D eigenvalue weighted by Gasteiger charge is -2.11. The Labute approximate surface area is 68.4 Å². The third-order valence-corrected chi connectivity index (χ3v) is 1.75. The molecule has 0 aromatic heterocycles. The van der Waals surface area contributed by atoms with E-state index in [4.69, 9.17) is 5.26 Å². The molecule has 1 atom stereocenters. The van der Waals surface area contributed by atoms with Gasteiger partial charge in [0.2, 0.25) is 0 Å². The van der Waals surface area contributed by atoms with Crippen molar-refractivity contribution >= 4 is 0 Å². The fraction of sp³-hybridized carbons (Fsp3) is 0.857. The number of hydrogen-bond acceptors (Lipinski definition) is 2. The first-order chi connectivity index (χ1) is 5.53. The molecule has 68 valence electrons. The summed E-state index contributed by atoms with van der Waals surface area (Å²) in [5.41, 5.74) is 0. The summed E-state index contributed by atoms with van der Waals surface area (Å²) in [4.78, 5) is 0. The van der Waals surface area contributed by atoms with Crippen molar-refractivity contribution in [2.45, 2.75) is 25.1 Å². The molecule has 0 saturated heterocycles. The minimum absolute atomic E-state index is 0.136. The first kappa shape index (κ1) is 9.33.